The Morgan fingerprint density at radius 1 is 1.08 bits per heavy atom. The molecule has 1 unspecified atom stereocenters. The van der Waals surface area contributed by atoms with Gasteiger partial charge in [0.1, 0.15) is 34.8 Å². The summed E-state index contributed by atoms with van der Waals surface area (Å²) in [6.07, 6.45) is 0. The van der Waals surface area contributed by atoms with Crippen LogP contribution in [0.1, 0.15) is 48.1 Å². The number of ketones is 1. The Morgan fingerprint density at radius 2 is 1.86 bits per heavy atom. The van der Waals surface area contributed by atoms with Gasteiger partial charge in [0.25, 0.3) is 11.7 Å². The molecule has 1 saturated heterocycles. The van der Waals surface area contributed by atoms with Crippen molar-refractivity contribution in [2.24, 2.45) is 5.92 Å². The van der Waals surface area contributed by atoms with Crippen LogP contribution in [0.5, 0.6) is 11.5 Å². The van der Waals surface area contributed by atoms with Gasteiger partial charge in [0, 0.05) is 12.1 Å². The number of carbonyl (C=O) groups excluding carboxylic acids is 2. The van der Waals surface area contributed by atoms with Crippen LogP contribution < -0.4 is 9.47 Å². The molecular formula is C29H31NO6. The minimum atomic E-state index is -0.873. The third-order valence-corrected chi connectivity index (χ3v) is 6.08. The van der Waals surface area contributed by atoms with E-state index in [1.807, 2.05) is 31.2 Å². The summed E-state index contributed by atoms with van der Waals surface area (Å²) in [6.45, 7) is 8.51. The number of amides is 1. The SMILES string of the molecule is COc1cccc(CN2C(=O)C(=O)/C(=C(\O)c3ccc(OCC(C)C)c(C)c3)C2c2ccc(C)o2)c1. The minimum absolute atomic E-state index is 0.00695. The van der Waals surface area contributed by atoms with Crippen molar-refractivity contribution in [1.29, 1.82) is 0 Å². The first-order chi connectivity index (χ1) is 17.2. The summed E-state index contributed by atoms with van der Waals surface area (Å²) in [4.78, 5) is 27.9. The number of aryl methyl sites for hydroxylation is 2. The lowest BCUT2D eigenvalue weighted by molar-refractivity contribution is -0.140. The Bertz CT molecular complexity index is 1320. The Balaban J connectivity index is 1.77. The molecule has 0 aliphatic carbocycles. The maximum Gasteiger partial charge on any atom is 0.296 e. The second-order valence-electron chi connectivity index (χ2n) is 9.41. The Hall–Kier alpha value is -4.00. The lowest BCUT2D eigenvalue weighted by atomic mass is 9.98. The van der Waals surface area contributed by atoms with Gasteiger partial charge < -0.3 is 23.9 Å². The van der Waals surface area contributed by atoms with Crippen LogP contribution in [0.4, 0.5) is 0 Å². The fraction of sp³-hybridized carbons (Fsp3) is 0.310. The van der Waals surface area contributed by atoms with E-state index in [0.717, 1.165) is 11.1 Å². The summed E-state index contributed by atoms with van der Waals surface area (Å²) in [5.41, 5.74) is 2.02. The molecule has 36 heavy (non-hydrogen) atoms. The summed E-state index contributed by atoms with van der Waals surface area (Å²) in [7, 11) is 1.57. The van der Waals surface area contributed by atoms with Crippen LogP contribution in [0.3, 0.4) is 0 Å². The van der Waals surface area contributed by atoms with Crippen LogP contribution >= 0.6 is 0 Å². The van der Waals surface area contributed by atoms with Gasteiger partial charge >= 0.3 is 0 Å². The average molecular weight is 490 g/mol. The van der Waals surface area contributed by atoms with Gasteiger partial charge in [-0.1, -0.05) is 26.0 Å². The predicted octanol–water partition coefficient (Wildman–Crippen LogP) is 5.56. The van der Waals surface area contributed by atoms with E-state index in [2.05, 4.69) is 13.8 Å². The van der Waals surface area contributed by atoms with Crippen LogP contribution in [0.15, 0.2) is 64.6 Å². The second-order valence-corrected chi connectivity index (χ2v) is 9.41. The van der Waals surface area contributed by atoms with E-state index in [1.165, 1.54) is 4.90 Å². The summed E-state index contributed by atoms with van der Waals surface area (Å²) in [5.74, 6) is 1.05. The molecule has 1 N–H and O–H groups in total. The molecule has 3 aromatic rings. The molecule has 1 aliphatic rings. The summed E-state index contributed by atoms with van der Waals surface area (Å²) in [5, 5.41) is 11.3. The molecule has 1 aliphatic heterocycles. The van der Waals surface area contributed by atoms with E-state index in [4.69, 9.17) is 13.9 Å². The zero-order valence-corrected chi connectivity index (χ0v) is 21.2. The topological polar surface area (TPSA) is 89.2 Å². The van der Waals surface area contributed by atoms with Crippen molar-refractivity contribution >= 4 is 17.4 Å². The fourth-order valence-electron chi connectivity index (χ4n) is 4.28. The van der Waals surface area contributed by atoms with E-state index in [-0.39, 0.29) is 17.9 Å². The highest BCUT2D eigenvalue weighted by atomic mass is 16.5. The first kappa shape index (κ1) is 25.1. The minimum Gasteiger partial charge on any atom is -0.507 e. The number of aliphatic hydroxyl groups excluding tert-OH is 1. The zero-order chi connectivity index (χ0) is 26.0. The number of rotatable bonds is 8. The van der Waals surface area contributed by atoms with E-state index in [1.54, 1.807) is 44.4 Å². The number of hydrogen-bond acceptors (Lipinski definition) is 6. The van der Waals surface area contributed by atoms with Crippen molar-refractivity contribution in [1.82, 2.24) is 4.90 Å². The van der Waals surface area contributed by atoms with Crippen LogP contribution in [0, 0.1) is 19.8 Å². The van der Waals surface area contributed by atoms with Gasteiger partial charge in [-0.25, -0.2) is 0 Å². The highest BCUT2D eigenvalue weighted by molar-refractivity contribution is 6.46. The number of methoxy groups -OCH3 is 1. The molecule has 1 atom stereocenters. The molecule has 2 aromatic carbocycles. The maximum atomic E-state index is 13.3. The van der Waals surface area contributed by atoms with Gasteiger partial charge in [0.05, 0.1) is 19.3 Å². The number of Topliss-reactive ketones (excluding diaryl/α,β-unsaturated/α-hetero) is 1. The third-order valence-electron chi connectivity index (χ3n) is 6.08. The van der Waals surface area contributed by atoms with Crippen molar-refractivity contribution in [2.75, 3.05) is 13.7 Å². The second kappa shape index (κ2) is 10.3. The van der Waals surface area contributed by atoms with Gasteiger partial charge in [0.15, 0.2) is 0 Å². The smallest absolute Gasteiger partial charge is 0.296 e. The molecule has 1 amide bonds. The van der Waals surface area contributed by atoms with Crippen molar-refractivity contribution in [3.05, 3.63) is 88.4 Å². The van der Waals surface area contributed by atoms with Gasteiger partial charge in [-0.15, -0.1) is 0 Å². The molecule has 0 radical (unpaired) electrons. The van der Waals surface area contributed by atoms with Gasteiger partial charge in [-0.3, -0.25) is 9.59 Å². The van der Waals surface area contributed by atoms with Crippen LogP contribution in [0.25, 0.3) is 5.76 Å². The number of furan rings is 1. The molecule has 7 nitrogen and oxygen atoms in total. The van der Waals surface area contributed by atoms with Crippen molar-refractivity contribution in [3.8, 4) is 11.5 Å². The number of carbonyl (C=O) groups is 2. The van der Waals surface area contributed by atoms with Gasteiger partial charge in [-0.05, 0) is 73.4 Å². The summed E-state index contributed by atoms with van der Waals surface area (Å²) < 4.78 is 17.0. The van der Waals surface area contributed by atoms with Crippen molar-refractivity contribution < 1.29 is 28.6 Å². The predicted molar refractivity (Wildman–Crippen MR) is 136 cm³/mol. The largest absolute Gasteiger partial charge is 0.507 e. The lowest BCUT2D eigenvalue weighted by Crippen LogP contribution is -2.29. The molecular weight excluding hydrogens is 458 g/mol. The van der Waals surface area contributed by atoms with E-state index >= 15 is 0 Å². The van der Waals surface area contributed by atoms with E-state index < -0.39 is 17.7 Å². The molecule has 2 heterocycles. The first-order valence-electron chi connectivity index (χ1n) is 11.9. The normalized spacial score (nSPS) is 17.2. The lowest BCUT2D eigenvalue weighted by Gasteiger charge is -2.23. The first-order valence-corrected chi connectivity index (χ1v) is 11.9. The Morgan fingerprint density at radius 3 is 2.50 bits per heavy atom. The molecule has 1 aromatic heterocycles. The third kappa shape index (κ3) is 5.00. The van der Waals surface area contributed by atoms with Crippen molar-refractivity contribution in [2.45, 2.75) is 40.3 Å². The Labute approximate surface area is 210 Å². The highest BCUT2D eigenvalue weighted by Crippen LogP contribution is 2.41. The summed E-state index contributed by atoms with van der Waals surface area (Å²) >= 11 is 0. The Kier molecular flexibility index (Phi) is 7.20. The van der Waals surface area contributed by atoms with Crippen molar-refractivity contribution in [3.63, 3.8) is 0 Å². The molecule has 4 rings (SSSR count). The van der Waals surface area contributed by atoms with Gasteiger partial charge in [-0.2, -0.15) is 0 Å². The molecule has 1 fully saturated rings. The van der Waals surface area contributed by atoms with E-state index in [0.29, 0.717) is 41.1 Å². The number of nitrogens with zero attached hydrogens (tertiary/aromatic N) is 1. The number of hydrogen-bond donors (Lipinski definition) is 1. The highest BCUT2D eigenvalue weighted by Gasteiger charge is 2.47. The number of benzene rings is 2. The quantitative estimate of drug-likeness (QED) is 0.253. The van der Waals surface area contributed by atoms with Crippen LogP contribution in [-0.2, 0) is 16.1 Å². The molecule has 0 spiro atoms. The van der Waals surface area contributed by atoms with E-state index in [9.17, 15) is 14.7 Å². The van der Waals surface area contributed by atoms with Crippen LogP contribution in [-0.4, -0.2) is 35.4 Å². The summed E-state index contributed by atoms with van der Waals surface area (Å²) in [6, 6.07) is 15.1. The maximum absolute atomic E-state index is 13.3. The number of ether oxygens (including phenoxy) is 2. The molecule has 0 saturated carbocycles. The molecule has 188 valence electrons. The molecule has 0 bridgehead atoms. The monoisotopic (exact) mass is 489 g/mol. The fourth-order valence-corrected chi connectivity index (χ4v) is 4.28. The van der Waals surface area contributed by atoms with Gasteiger partial charge in [0.2, 0.25) is 0 Å². The zero-order valence-electron chi connectivity index (χ0n) is 21.2. The molecule has 7 heteroatoms. The standard InChI is InChI=1S/C29H31NO6/c1-17(2)16-35-23-12-10-21(13-18(23)3)27(31)25-26(24-11-9-19(4)36-24)30(29(33)28(25)32)15-20-7-6-8-22(14-20)34-5/h6-14,17,26,31H,15-16H2,1-5H3/b27-25-. The van der Waals surface area contributed by atoms with Crippen LogP contribution in [0.2, 0.25) is 0 Å². The average Bonchev–Trinajstić information content (AvgIpc) is 3.39. The number of aliphatic hydroxyl groups is 1. The number of likely N-dealkylation sites (tertiary alicyclic amines) is 1.